The van der Waals surface area contributed by atoms with Crippen LogP contribution in [0.2, 0.25) is 0 Å². The lowest BCUT2D eigenvalue weighted by Gasteiger charge is -2.56. The molecule has 4 nitrogen and oxygen atoms in total. The van der Waals surface area contributed by atoms with Crippen LogP contribution in [0.4, 0.5) is 0 Å². The molecule has 0 spiro atoms. The van der Waals surface area contributed by atoms with Crippen molar-refractivity contribution in [2.45, 2.75) is 57.2 Å². The number of Topliss-reactive ketones (excluding diaryl/α,β-unsaturated/α-hetero) is 1. The van der Waals surface area contributed by atoms with Gasteiger partial charge in [-0.15, -0.1) is 0 Å². The number of allylic oxidation sites excluding steroid dienone is 2. The molecule has 6 atom stereocenters. The molecule has 4 aliphatic carbocycles. The van der Waals surface area contributed by atoms with Crippen molar-refractivity contribution in [2.75, 3.05) is 7.11 Å². The first-order valence-corrected chi connectivity index (χ1v) is 10.8. The van der Waals surface area contributed by atoms with E-state index in [1.807, 2.05) is 0 Å². The minimum Gasteiger partial charge on any atom is -0.466 e. The number of carbonyl (C=O) groups is 3. The molecule has 0 aromatic carbocycles. The Kier molecular flexibility index (Phi) is 4.53. The average molecular weight is 435 g/mol. The van der Waals surface area contributed by atoms with Crippen LogP contribution in [0.5, 0.6) is 0 Å². The molecular weight excluding hydrogens is 408 g/mol. The van der Waals surface area contributed by atoms with E-state index in [0.717, 1.165) is 31.3 Å². The van der Waals surface area contributed by atoms with Crippen LogP contribution in [0.15, 0.2) is 23.3 Å². The summed E-state index contributed by atoms with van der Waals surface area (Å²) in [7, 11) is 1.40. The maximum absolute atomic E-state index is 13.5. The number of esters is 1. The van der Waals surface area contributed by atoms with E-state index in [4.69, 9.17) is 4.74 Å². The summed E-state index contributed by atoms with van der Waals surface area (Å²) in [5.74, 6) is 0.851. The Bertz CT molecular complexity index is 781. The molecule has 0 amide bonds. The maximum atomic E-state index is 13.5. The molecule has 4 rings (SSSR count). The van der Waals surface area contributed by atoms with Crippen molar-refractivity contribution in [1.29, 1.82) is 0 Å². The van der Waals surface area contributed by atoms with E-state index in [9.17, 15) is 14.4 Å². The van der Waals surface area contributed by atoms with E-state index in [1.54, 1.807) is 12.2 Å². The third-order valence-corrected chi connectivity index (χ3v) is 8.77. The SMILES string of the molecule is COC(=O)/C=C1\CC[C@H]2[C@@H]3CCC4=CC(=O)[C@@H](Br)C[C@]4(C)[C@H]3C(=O)C[C@]12C. The first kappa shape index (κ1) is 19.1. The zero-order valence-electron chi connectivity index (χ0n) is 16.2. The van der Waals surface area contributed by atoms with Crippen molar-refractivity contribution in [3.05, 3.63) is 23.3 Å². The van der Waals surface area contributed by atoms with Crippen molar-refractivity contribution in [2.24, 2.45) is 28.6 Å². The van der Waals surface area contributed by atoms with Gasteiger partial charge in [0.25, 0.3) is 0 Å². The molecular formula is C22H27BrO4. The molecule has 0 heterocycles. The van der Waals surface area contributed by atoms with Gasteiger partial charge in [-0.25, -0.2) is 4.79 Å². The van der Waals surface area contributed by atoms with Gasteiger partial charge in [-0.3, -0.25) is 9.59 Å². The highest BCUT2D eigenvalue weighted by molar-refractivity contribution is 9.10. The summed E-state index contributed by atoms with van der Waals surface area (Å²) in [6.45, 7) is 4.36. The lowest BCUT2D eigenvalue weighted by molar-refractivity contribution is -0.142. The predicted molar refractivity (Wildman–Crippen MR) is 105 cm³/mol. The summed E-state index contributed by atoms with van der Waals surface area (Å²) in [4.78, 5) is 37.3. The van der Waals surface area contributed by atoms with Crippen molar-refractivity contribution in [3.8, 4) is 0 Å². The summed E-state index contributed by atoms with van der Waals surface area (Å²) in [6, 6.07) is 0. The van der Waals surface area contributed by atoms with E-state index in [2.05, 4.69) is 29.8 Å². The molecule has 0 aliphatic heterocycles. The smallest absolute Gasteiger partial charge is 0.330 e. The van der Waals surface area contributed by atoms with Gasteiger partial charge < -0.3 is 4.74 Å². The largest absolute Gasteiger partial charge is 0.466 e. The Labute approximate surface area is 168 Å². The summed E-state index contributed by atoms with van der Waals surface area (Å²) in [5.41, 5.74) is 1.79. The van der Waals surface area contributed by atoms with Gasteiger partial charge in [0.1, 0.15) is 5.78 Å². The molecule has 3 saturated carbocycles. The van der Waals surface area contributed by atoms with Crippen LogP contribution >= 0.6 is 15.9 Å². The summed E-state index contributed by atoms with van der Waals surface area (Å²) < 4.78 is 4.83. The molecule has 4 aliphatic rings. The minimum absolute atomic E-state index is 0.0128. The van der Waals surface area contributed by atoms with Gasteiger partial charge in [0.15, 0.2) is 5.78 Å². The van der Waals surface area contributed by atoms with Gasteiger partial charge in [-0.2, -0.15) is 0 Å². The highest BCUT2D eigenvalue weighted by Gasteiger charge is 2.61. The molecule has 146 valence electrons. The van der Waals surface area contributed by atoms with Gasteiger partial charge in [-0.05, 0) is 55.4 Å². The number of methoxy groups -OCH3 is 1. The van der Waals surface area contributed by atoms with Crippen LogP contribution in [0, 0.1) is 28.6 Å². The number of ketones is 2. The summed E-state index contributed by atoms with van der Waals surface area (Å²) in [6.07, 6.45) is 8.38. The average Bonchev–Trinajstić information content (AvgIpc) is 2.91. The molecule has 0 aromatic rings. The van der Waals surface area contributed by atoms with Crippen molar-refractivity contribution in [3.63, 3.8) is 0 Å². The monoisotopic (exact) mass is 434 g/mol. The first-order valence-electron chi connectivity index (χ1n) is 9.91. The van der Waals surface area contributed by atoms with Crippen LogP contribution in [-0.2, 0) is 19.1 Å². The highest BCUT2D eigenvalue weighted by Crippen LogP contribution is 2.65. The second kappa shape index (κ2) is 6.40. The molecule has 27 heavy (non-hydrogen) atoms. The van der Waals surface area contributed by atoms with Crippen LogP contribution in [0.25, 0.3) is 0 Å². The van der Waals surface area contributed by atoms with Crippen molar-refractivity contribution in [1.82, 2.24) is 0 Å². The van der Waals surface area contributed by atoms with Crippen LogP contribution in [0.3, 0.4) is 0 Å². The van der Waals surface area contributed by atoms with Crippen LogP contribution in [-0.4, -0.2) is 29.5 Å². The molecule has 5 heteroatoms. The third-order valence-electron chi connectivity index (χ3n) is 8.00. The molecule has 0 bridgehead atoms. The summed E-state index contributed by atoms with van der Waals surface area (Å²) >= 11 is 3.53. The Hall–Kier alpha value is -1.23. The van der Waals surface area contributed by atoms with E-state index in [0.29, 0.717) is 30.5 Å². The topological polar surface area (TPSA) is 60.4 Å². The second-order valence-electron chi connectivity index (χ2n) is 9.24. The molecule has 0 aromatic heterocycles. The summed E-state index contributed by atoms with van der Waals surface area (Å²) in [5, 5.41) is 0. The fourth-order valence-electron chi connectivity index (χ4n) is 6.70. The van der Waals surface area contributed by atoms with Crippen molar-refractivity contribution < 1.29 is 19.1 Å². The van der Waals surface area contributed by atoms with Gasteiger partial charge >= 0.3 is 5.97 Å². The zero-order valence-corrected chi connectivity index (χ0v) is 17.8. The normalized spacial score (nSPS) is 45.0. The van der Waals surface area contributed by atoms with Crippen molar-refractivity contribution >= 4 is 33.5 Å². The van der Waals surface area contributed by atoms with E-state index in [-0.39, 0.29) is 33.3 Å². The number of ether oxygens (including phenoxy) is 1. The number of rotatable bonds is 1. The molecule has 0 unspecified atom stereocenters. The number of alkyl halides is 1. The quantitative estimate of drug-likeness (QED) is 0.353. The number of fused-ring (bicyclic) bond motifs is 5. The highest BCUT2D eigenvalue weighted by atomic mass is 79.9. The van der Waals surface area contributed by atoms with Crippen LogP contribution < -0.4 is 0 Å². The van der Waals surface area contributed by atoms with E-state index >= 15 is 0 Å². The molecule has 3 fully saturated rings. The van der Waals surface area contributed by atoms with E-state index in [1.165, 1.54) is 12.7 Å². The number of hydrogen-bond donors (Lipinski definition) is 0. The minimum atomic E-state index is -0.324. The Balaban J connectivity index is 1.72. The Morgan fingerprint density at radius 1 is 1.22 bits per heavy atom. The van der Waals surface area contributed by atoms with Crippen LogP contribution in [0.1, 0.15) is 52.4 Å². The third kappa shape index (κ3) is 2.72. The Morgan fingerprint density at radius 2 is 1.96 bits per heavy atom. The van der Waals surface area contributed by atoms with Gasteiger partial charge in [-0.1, -0.05) is 40.9 Å². The molecule has 0 saturated heterocycles. The zero-order chi connectivity index (χ0) is 19.6. The van der Waals surface area contributed by atoms with Gasteiger partial charge in [0.05, 0.1) is 11.9 Å². The van der Waals surface area contributed by atoms with Gasteiger partial charge in [0.2, 0.25) is 0 Å². The maximum Gasteiger partial charge on any atom is 0.330 e. The lowest BCUT2D eigenvalue weighted by Crippen LogP contribution is -2.55. The second-order valence-corrected chi connectivity index (χ2v) is 10.3. The number of carbonyl (C=O) groups excluding carboxylic acids is 3. The Morgan fingerprint density at radius 3 is 2.67 bits per heavy atom. The predicted octanol–water partition coefficient (Wildman–Crippen LogP) is 4.17. The number of halogens is 1. The van der Waals surface area contributed by atoms with E-state index < -0.39 is 0 Å². The number of hydrogen-bond acceptors (Lipinski definition) is 4. The fraction of sp³-hybridized carbons (Fsp3) is 0.682. The lowest BCUT2D eigenvalue weighted by atomic mass is 9.47. The standard InChI is InChI=1S/C22H27BrO4/c1-21-11-18(25)20-14(15(21)7-5-13(21)9-19(26)27-3)6-4-12-8-17(24)16(23)10-22(12,20)2/h8-9,14-16,20H,4-7,10-11H2,1-3H3/b13-9+/t14-,15-,16-,20+,21+,22-/m0/s1. The fourth-order valence-corrected chi connectivity index (χ4v) is 7.50. The van der Waals surface area contributed by atoms with Gasteiger partial charge in [0, 0.05) is 23.8 Å². The molecule has 0 radical (unpaired) electrons. The molecule has 0 N–H and O–H groups in total. The first-order chi connectivity index (χ1) is 12.7.